The van der Waals surface area contributed by atoms with Crippen LogP contribution in [0.2, 0.25) is 0 Å². The van der Waals surface area contributed by atoms with Gasteiger partial charge in [0, 0.05) is 11.1 Å². The maximum absolute atomic E-state index is 13.1. The summed E-state index contributed by atoms with van der Waals surface area (Å²) in [5, 5.41) is 0. The van der Waals surface area contributed by atoms with E-state index in [1.165, 1.54) is 24.3 Å². The molecule has 4 amide bonds. The van der Waals surface area contributed by atoms with Crippen LogP contribution in [0.5, 0.6) is 11.5 Å². The number of hydrogen-bond acceptors (Lipinski definition) is 5. The Labute approximate surface area is 223 Å². The molecule has 0 bridgehead atoms. The molecule has 2 heterocycles. The van der Waals surface area contributed by atoms with Crippen molar-refractivity contribution in [3.63, 3.8) is 0 Å². The summed E-state index contributed by atoms with van der Waals surface area (Å²) in [6.45, 7) is 0. The quantitative estimate of drug-likeness (QED) is 0.285. The summed E-state index contributed by atoms with van der Waals surface area (Å²) in [6.07, 6.45) is 10.8. The normalized spacial score (nSPS) is 13.7. The molecule has 0 atom stereocenters. The molecule has 7 heteroatoms. The van der Waals surface area contributed by atoms with Crippen molar-refractivity contribution in [1.82, 2.24) is 0 Å². The molecule has 0 spiro atoms. The number of nitrogens with zero attached hydrogens (tertiary/aromatic N) is 2. The summed E-state index contributed by atoms with van der Waals surface area (Å²) in [5.41, 5.74) is 2.94. The van der Waals surface area contributed by atoms with Crippen molar-refractivity contribution in [3.8, 4) is 36.2 Å². The Bertz CT molecular complexity index is 1690. The van der Waals surface area contributed by atoms with Gasteiger partial charge < -0.3 is 4.74 Å². The van der Waals surface area contributed by atoms with E-state index in [1.807, 2.05) is 0 Å². The van der Waals surface area contributed by atoms with Crippen LogP contribution in [-0.2, 0) is 0 Å². The number of imide groups is 2. The van der Waals surface area contributed by atoms with E-state index in [1.54, 1.807) is 60.7 Å². The molecule has 2 aliphatic heterocycles. The Morgan fingerprint density at radius 3 is 1.21 bits per heavy atom. The Morgan fingerprint density at radius 1 is 0.487 bits per heavy atom. The van der Waals surface area contributed by atoms with Crippen LogP contribution in [0.25, 0.3) is 0 Å². The fourth-order valence-electron chi connectivity index (χ4n) is 4.59. The molecule has 0 saturated carbocycles. The minimum atomic E-state index is -0.491. The minimum absolute atomic E-state index is 0.188. The molecule has 39 heavy (non-hydrogen) atoms. The van der Waals surface area contributed by atoms with E-state index < -0.39 is 23.6 Å². The number of anilines is 2. The molecule has 184 valence electrons. The number of benzene rings is 4. The van der Waals surface area contributed by atoms with Gasteiger partial charge in [-0.2, -0.15) is 0 Å². The number of fused-ring (bicyclic) bond motifs is 2. The predicted molar refractivity (Wildman–Crippen MR) is 144 cm³/mol. The molecule has 0 unspecified atom stereocenters. The molecule has 0 saturated heterocycles. The number of rotatable bonds is 4. The maximum atomic E-state index is 13.1. The first-order chi connectivity index (χ1) is 18.9. The second kappa shape index (κ2) is 8.88. The van der Waals surface area contributed by atoms with Crippen molar-refractivity contribution in [2.24, 2.45) is 0 Å². The highest BCUT2D eigenvalue weighted by molar-refractivity contribution is 6.35. The molecule has 0 radical (unpaired) electrons. The van der Waals surface area contributed by atoms with Gasteiger partial charge in [0.05, 0.1) is 33.6 Å². The topological polar surface area (TPSA) is 84.0 Å². The first-order valence-electron chi connectivity index (χ1n) is 11.8. The molecule has 0 aliphatic carbocycles. The third-order valence-corrected chi connectivity index (χ3v) is 6.54. The molecule has 2 aliphatic rings. The number of hydrogen-bond donors (Lipinski definition) is 0. The summed E-state index contributed by atoms with van der Waals surface area (Å²) >= 11 is 0. The van der Waals surface area contributed by atoms with Gasteiger partial charge in [-0.25, -0.2) is 9.80 Å². The molecule has 6 rings (SSSR count). The summed E-state index contributed by atoms with van der Waals surface area (Å²) < 4.78 is 5.93. The second-order valence-electron chi connectivity index (χ2n) is 8.79. The van der Waals surface area contributed by atoms with Crippen LogP contribution in [0.3, 0.4) is 0 Å². The average molecular weight is 508 g/mol. The van der Waals surface area contributed by atoms with Gasteiger partial charge in [-0.1, -0.05) is 11.8 Å². The fourth-order valence-corrected chi connectivity index (χ4v) is 4.59. The standard InChI is InChI=1S/C32H16N2O5/c1-3-19-5-9-21(10-6-19)33-29(35)25-15-13-23(17-27(25)31(33)37)39-24-14-16-26-28(18-24)32(38)34(30(26)36)22-11-7-20(4-2)8-12-22/h1-2,5-18H. The molecule has 0 N–H and O–H groups in total. The van der Waals surface area contributed by atoms with Gasteiger partial charge in [0.25, 0.3) is 23.6 Å². The van der Waals surface area contributed by atoms with Gasteiger partial charge in [0.1, 0.15) is 11.5 Å². The number of carbonyl (C=O) groups is 4. The van der Waals surface area contributed by atoms with Crippen molar-refractivity contribution in [2.45, 2.75) is 0 Å². The van der Waals surface area contributed by atoms with Gasteiger partial charge >= 0.3 is 0 Å². The Balaban J connectivity index is 1.26. The van der Waals surface area contributed by atoms with Crippen molar-refractivity contribution >= 4 is 35.0 Å². The third-order valence-electron chi connectivity index (χ3n) is 6.54. The van der Waals surface area contributed by atoms with Gasteiger partial charge in [0.15, 0.2) is 0 Å². The van der Waals surface area contributed by atoms with Gasteiger partial charge in [0.2, 0.25) is 0 Å². The van der Waals surface area contributed by atoms with Crippen LogP contribution in [0.1, 0.15) is 52.6 Å². The van der Waals surface area contributed by atoms with Gasteiger partial charge in [-0.15, -0.1) is 12.8 Å². The van der Waals surface area contributed by atoms with Gasteiger partial charge in [-0.3, -0.25) is 19.2 Å². The zero-order valence-corrected chi connectivity index (χ0v) is 20.2. The van der Waals surface area contributed by atoms with Crippen LogP contribution in [-0.4, -0.2) is 23.6 Å². The number of ether oxygens (including phenoxy) is 1. The highest BCUT2D eigenvalue weighted by Gasteiger charge is 2.38. The highest BCUT2D eigenvalue weighted by atomic mass is 16.5. The molecule has 7 nitrogen and oxygen atoms in total. The zero-order chi connectivity index (χ0) is 27.3. The van der Waals surface area contributed by atoms with Crippen molar-refractivity contribution < 1.29 is 23.9 Å². The summed E-state index contributed by atoms with van der Waals surface area (Å²) in [7, 11) is 0. The number of carbonyl (C=O) groups excluding carboxylic acids is 4. The van der Waals surface area contributed by atoms with E-state index in [2.05, 4.69) is 11.8 Å². The van der Waals surface area contributed by atoms with E-state index in [4.69, 9.17) is 17.6 Å². The van der Waals surface area contributed by atoms with Crippen LogP contribution < -0.4 is 14.5 Å². The Hall–Kier alpha value is -5.92. The molecular formula is C32H16N2O5. The van der Waals surface area contributed by atoms with Crippen molar-refractivity contribution in [1.29, 1.82) is 0 Å². The van der Waals surface area contributed by atoms with E-state index in [-0.39, 0.29) is 33.8 Å². The molecule has 0 fully saturated rings. The van der Waals surface area contributed by atoms with Gasteiger partial charge in [-0.05, 0) is 84.9 Å². The first-order valence-corrected chi connectivity index (χ1v) is 11.8. The van der Waals surface area contributed by atoms with Crippen LogP contribution in [0, 0.1) is 24.7 Å². The van der Waals surface area contributed by atoms with Crippen molar-refractivity contribution in [2.75, 3.05) is 9.80 Å². The lowest BCUT2D eigenvalue weighted by atomic mass is 10.1. The lowest BCUT2D eigenvalue weighted by molar-refractivity contribution is 0.0910. The van der Waals surface area contributed by atoms with E-state index >= 15 is 0 Å². The Morgan fingerprint density at radius 2 is 0.846 bits per heavy atom. The summed E-state index contributed by atoms with van der Waals surface area (Å²) in [4.78, 5) is 54.3. The lowest BCUT2D eigenvalue weighted by Gasteiger charge is -2.13. The molecule has 0 aromatic heterocycles. The van der Waals surface area contributed by atoms with Crippen LogP contribution >= 0.6 is 0 Å². The average Bonchev–Trinajstić information content (AvgIpc) is 3.36. The maximum Gasteiger partial charge on any atom is 0.266 e. The number of amides is 4. The Kier molecular flexibility index (Phi) is 5.34. The fraction of sp³-hybridized carbons (Fsp3) is 0. The van der Waals surface area contributed by atoms with E-state index in [0.29, 0.717) is 22.5 Å². The molecule has 4 aromatic rings. The van der Waals surface area contributed by atoms with Crippen LogP contribution in [0.15, 0.2) is 84.9 Å². The van der Waals surface area contributed by atoms with Crippen molar-refractivity contribution in [3.05, 3.63) is 118 Å². The smallest absolute Gasteiger partial charge is 0.266 e. The lowest BCUT2D eigenvalue weighted by Crippen LogP contribution is -2.29. The zero-order valence-electron chi connectivity index (χ0n) is 20.2. The monoisotopic (exact) mass is 508 g/mol. The SMILES string of the molecule is C#Cc1ccc(N2C(=O)c3ccc(Oc4ccc5c(c4)C(=O)N(c4ccc(C#C)cc4)C5=O)cc3C2=O)cc1. The third kappa shape index (κ3) is 3.74. The highest BCUT2D eigenvalue weighted by Crippen LogP contribution is 2.35. The number of terminal acetylenes is 2. The molecule has 4 aromatic carbocycles. The van der Waals surface area contributed by atoms with Crippen LogP contribution in [0.4, 0.5) is 11.4 Å². The predicted octanol–water partition coefficient (Wildman–Crippen LogP) is 5.04. The minimum Gasteiger partial charge on any atom is -0.457 e. The summed E-state index contributed by atoms with van der Waals surface area (Å²) in [6, 6.07) is 22.2. The van der Waals surface area contributed by atoms with E-state index in [0.717, 1.165) is 9.80 Å². The largest absolute Gasteiger partial charge is 0.457 e. The van der Waals surface area contributed by atoms with E-state index in [9.17, 15) is 19.2 Å². The summed E-state index contributed by atoms with van der Waals surface area (Å²) in [5.74, 6) is 3.69. The molecular weight excluding hydrogens is 492 g/mol. The second-order valence-corrected chi connectivity index (χ2v) is 8.79. The first kappa shape index (κ1) is 23.5.